The largest absolute Gasteiger partial charge is 0.461 e. The van der Waals surface area contributed by atoms with Crippen molar-refractivity contribution in [3.8, 4) is 0 Å². The van der Waals surface area contributed by atoms with Crippen LogP contribution in [0.25, 0.3) is 0 Å². The third-order valence-corrected chi connectivity index (χ3v) is 12.0. The smallest absolute Gasteiger partial charge is 0.338 e. The Morgan fingerprint density at radius 2 is 1.61 bits per heavy atom. The maximum atomic E-state index is 14.3. The molecule has 51 heavy (non-hydrogen) atoms. The van der Waals surface area contributed by atoms with E-state index in [1.54, 1.807) is 38.1 Å². The second-order valence-electron chi connectivity index (χ2n) is 16.0. The Morgan fingerprint density at radius 3 is 2.20 bits per heavy atom. The standard InChI is InChI=1S/C40H59NO10/c1-12-31-39(7)21-28(42)19-29(39)24(4)32(43)22(2)20-40(8,47-11)35(25(5)33(44)26(6)36(45)49-31)51-38-34(30(41(9)10)18-23(3)48-38)50-37(46)27-16-14-13-15-17-27/h13-17,22-26,29-31,34-35,38H,12,18-21H2,1-11H3/t22-,23-,24-,25+,26-,29-,30+,31-,34-,35-,38+,39+,40-/m1/s1. The van der Waals surface area contributed by atoms with E-state index in [2.05, 4.69) is 0 Å². The molecule has 3 aliphatic rings. The molecule has 4 rings (SSSR count). The van der Waals surface area contributed by atoms with Gasteiger partial charge in [0.25, 0.3) is 0 Å². The molecule has 1 saturated carbocycles. The summed E-state index contributed by atoms with van der Waals surface area (Å²) in [6.45, 7) is 14.4. The number of esters is 2. The van der Waals surface area contributed by atoms with E-state index in [9.17, 15) is 24.0 Å². The fraction of sp³-hybridized carbons (Fsp3) is 0.725. The van der Waals surface area contributed by atoms with Gasteiger partial charge in [-0.2, -0.15) is 0 Å². The molecule has 284 valence electrons. The number of hydrogen-bond acceptors (Lipinski definition) is 11. The van der Waals surface area contributed by atoms with E-state index < -0.39 is 77.0 Å². The number of nitrogens with zero attached hydrogens (tertiary/aromatic N) is 1. The number of carbonyl (C=O) groups is 5. The first-order valence-corrected chi connectivity index (χ1v) is 18.5. The number of hydrogen-bond donors (Lipinski definition) is 0. The predicted octanol–water partition coefficient (Wildman–Crippen LogP) is 5.46. The van der Waals surface area contributed by atoms with E-state index in [1.165, 1.54) is 14.0 Å². The van der Waals surface area contributed by atoms with Crippen molar-refractivity contribution in [1.82, 2.24) is 4.90 Å². The van der Waals surface area contributed by atoms with Gasteiger partial charge in [0.05, 0.1) is 29.4 Å². The molecule has 1 aromatic carbocycles. The molecule has 0 bridgehead atoms. The first-order chi connectivity index (χ1) is 23.9. The number of Topliss-reactive ketones (excluding diaryl/α,β-unsaturated/α-hetero) is 3. The van der Waals surface area contributed by atoms with E-state index >= 15 is 0 Å². The number of benzene rings is 1. The number of ketones is 3. The van der Waals surface area contributed by atoms with Crippen molar-refractivity contribution in [2.75, 3.05) is 21.2 Å². The van der Waals surface area contributed by atoms with Crippen LogP contribution in [-0.4, -0.2) is 97.7 Å². The van der Waals surface area contributed by atoms with Crippen molar-refractivity contribution in [2.24, 2.45) is 35.0 Å². The van der Waals surface area contributed by atoms with Gasteiger partial charge in [-0.3, -0.25) is 19.2 Å². The molecule has 11 nitrogen and oxygen atoms in total. The van der Waals surface area contributed by atoms with Crippen molar-refractivity contribution >= 4 is 29.3 Å². The zero-order valence-electron chi connectivity index (χ0n) is 32.3. The van der Waals surface area contributed by atoms with Gasteiger partial charge >= 0.3 is 11.9 Å². The number of fused-ring (bicyclic) bond motifs is 1. The molecule has 1 aliphatic carbocycles. The summed E-state index contributed by atoms with van der Waals surface area (Å²) in [6.07, 6.45) is -2.44. The van der Waals surface area contributed by atoms with Crippen LogP contribution in [0.15, 0.2) is 30.3 Å². The highest BCUT2D eigenvalue weighted by molar-refractivity contribution is 6.00. The average molecular weight is 714 g/mol. The van der Waals surface area contributed by atoms with Gasteiger partial charge in [0.15, 0.2) is 18.2 Å². The third-order valence-electron chi connectivity index (χ3n) is 12.0. The molecular formula is C40H59NO10. The lowest BCUT2D eigenvalue weighted by Gasteiger charge is -2.47. The summed E-state index contributed by atoms with van der Waals surface area (Å²) in [5, 5.41) is 0. The predicted molar refractivity (Wildman–Crippen MR) is 190 cm³/mol. The lowest BCUT2D eigenvalue weighted by Crippen LogP contribution is -2.60. The van der Waals surface area contributed by atoms with Crippen molar-refractivity contribution in [3.05, 3.63) is 35.9 Å². The topological polar surface area (TPSA) is 135 Å². The van der Waals surface area contributed by atoms with Crippen LogP contribution >= 0.6 is 0 Å². The van der Waals surface area contributed by atoms with Crippen molar-refractivity contribution in [2.45, 2.75) is 130 Å². The maximum Gasteiger partial charge on any atom is 0.338 e. The molecule has 2 aliphatic heterocycles. The summed E-state index contributed by atoms with van der Waals surface area (Å²) in [5.74, 6) is -5.17. The molecule has 0 unspecified atom stereocenters. The minimum Gasteiger partial charge on any atom is -0.461 e. The highest BCUT2D eigenvalue weighted by Crippen LogP contribution is 2.51. The van der Waals surface area contributed by atoms with Crippen molar-refractivity contribution in [1.29, 1.82) is 0 Å². The van der Waals surface area contributed by atoms with Crippen molar-refractivity contribution < 1.29 is 47.7 Å². The van der Waals surface area contributed by atoms with E-state index in [0.717, 1.165) is 0 Å². The zero-order chi connectivity index (χ0) is 38.0. The molecular weight excluding hydrogens is 654 g/mol. The first-order valence-electron chi connectivity index (χ1n) is 18.5. The maximum absolute atomic E-state index is 14.3. The van der Waals surface area contributed by atoms with Gasteiger partial charge in [-0.05, 0) is 72.2 Å². The highest BCUT2D eigenvalue weighted by Gasteiger charge is 2.55. The summed E-state index contributed by atoms with van der Waals surface area (Å²) in [5.41, 5.74) is -1.63. The first kappa shape index (κ1) is 40.8. The van der Waals surface area contributed by atoms with E-state index in [-0.39, 0.29) is 48.9 Å². The van der Waals surface area contributed by atoms with E-state index in [4.69, 9.17) is 23.7 Å². The number of carbonyl (C=O) groups excluding carboxylic acids is 5. The summed E-state index contributed by atoms with van der Waals surface area (Å²) < 4.78 is 31.6. The Hall–Kier alpha value is -2.99. The van der Waals surface area contributed by atoms with Crippen LogP contribution in [0.1, 0.15) is 97.9 Å². The van der Waals surface area contributed by atoms with Crippen LogP contribution in [0.3, 0.4) is 0 Å². The molecule has 0 N–H and O–H groups in total. The van der Waals surface area contributed by atoms with Crippen LogP contribution in [0.5, 0.6) is 0 Å². The number of ether oxygens (including phenoxy) is 5. The van der Waals surface area contributed by atoms with Gasteiger partial charge in [0.1, 0.15) is 23.6 Å². The molecule has 0 radical (unpaired) electrons. The Balaban J connectivity index is 1.78. The van der Waals surface area contributed by atoms with Crippen molar-refractivity contribution in [3.63, 3.8) is 0 Å². The molecule has 1 aromatic rings. The molecule has 2 saturated heterocycles. The molecule has 0 amide bonds. The second kappa shape index (κ2) is 16.4. The second-order valence-corrected chi connectivity index (χ2v) is 16.0. The average Bonchev–Trinajstić information content (AvgIpc) is 3.42. The number of rotatable bonds is 7. The Labute approximate surface area is 303 Å². The van der Waals surface area contributed by atoms with Crippen LogP contribution in [-0.2, 0) is 42.9 Å². The van der Waals surface area contributed by atoms with Crippen LogP contribution < -0.4 is 0 Å². The summed E-state index contributed by atoms with van der Waals surface area (Å²) >= 11 is 0. The van der Waals surface area contributed by atoms with Gasteiger partial charge in [-0.25, -0.2) is 4.79 Å². The van der Waals surface area contributed by atoms with Gasteiger partial charge in [0.2, 0.25) is 0 Å². The summed E-state index contributed by atoms with van der Waals surface area (Å²) in [7, 11) is 5.29. The summed E-state index contributed by atoms with van der Waals surface area (Å²) in [6, 6.07) is 8.36. The molecule has 11 heteroatoms. The Morgan fingerprint density at radius 1 is 0.961 bits per heavy atom. The lowest BCUT2D eigenvalue weighted by atomic mass is 9.66. The number of likely N-dealkylation sites (N-methyl/N-ethyl adjacent to an activating group) is 1. The molecule has 0 aromatic heterocycles. The molecule has 2 heterocycles. The quantitative estimate of drug-likeness (QED) is 0.263. The number of cyclic esters (lactones) is 1. The minimum absolute atomic E-state index is 0.0295. The Bertz CT molecular complexity index is 1430. The minimum atomic E-state index is -1.25. The van der Waals surface area contributed by atoms with Gasteiger partial charge < -0.3 is 28.6 Å². The third kappa shape index (κ3) is 8.47. The Kier molecular flexibility index (Phi) is 13.1. The monoisotopic (exact) mass is 713 g/mol. The SMILES string of the molecule is CC[C@H]1OC(=O)[C@H](C)C(=O)[C@H](C)[C@@H](O[C@@H]2O[C@H](C)C[C@H](N(C)C)[C@H]2OC(=O)c2ccccc2)[C@](C)(OC)C[C@@H](C)C(=O)[C@H](C)[C@H]2CC(=O)C[C@@]21C. The fourth-order valence-corrected chi connectivity index (χ4v) is 8.93. The van der Waals surface area contributed by atoms with Gasteiger partial charge in [0, 0.05) is 43.1 Å². The zero-order valence-corrected chi connectivity index (χ0v) is 32.3. The van der Waals surface area contributed by atoms with Gasteiger partial charge in [-0.15, -0.1) is 0 Å². The van der Waals surface area contributed by atoms with Crippen LogP contribution in [0, 0.1) is 35.0 Å². The van der Waals surface area contributed by atoms with Gasteiger partial charge in [-0.1, -0.05) is 52.8 Å². The lowest BCUT2D eigenvalue weighted by molar-refractivity contribution is -0.294. The van der Waals surface area contributed by atoms with E-state index in [0.29, 0.717) is 18.4 Å². The number of methoxy groups -OCH3 is 1. The van der Waals surface area contributed by atoms with E-state index in [1.807, 2.05) is 59.7 Å². The van der Waals surface area contributed by atoms with Crippen LogP contribution in [0.2, 0.25) is 0 Å². The molecule has 0 spiro atoms. The molecule has 3 fully saturated rings. The normalized spacial score (nSPS) is 40.0. The summed E-state index contributed by atoms with van der Waals surface area (Å²) in [4.78, 5) is 70.7. The molecule has 13 atom stereocenters. The van der Waals surface area contributed by atoms with Crippen LogP contribution in [0.4, 0.5) is 0 Å². The fourth-order valence-electron chi connectivity index (χ4n) is 8.93. The highest BCUT2D eigenvalue weighted by atomic mass is 16.7.